The monoisotopic (exact) mass is 525 g/mol. The molecule has 8 heteroatoms. The molecule has 3 heterocycles. The van der Waals surface area contributed by atoms with Crippen molar-refractivity contribution in [2.24, 2.45) is 13.0 Å². The van der Waals surface area contributed by atoms with Gasteiger partial charge in [-0.1, -0.05) is 41.9 Å². The molecule has 6 nitrogen and oxygen atoms in total. The fourth-order valence-corrected chi connectivity index (χ4v) is 6.90. The van der Waals surface area contributed by atoms with Crippen LogP contribution in [0.2, 0.25) is 5.02 Å². The Morgan fingerprint density at radius 1 is 1.11 bits per heavy atom. The van der Waals surface area contributed by atoms with Gasteiger partial charge in [0.05, 0.1) is 22.4 Å². The van der Waals surface area contributed by atoms with E-state index in [1.807, 2.05) is 21.8 Å². The Balaban J connectivity index is 1.31. The predicted octanol–water partition coefficient (Wildman–Crippen LogP) is 5.67. The molecule has 2 aliphatic rings. The maximum atomic E-state index is 13.5. The summed E-state index contributed by atoms with van der Waals surface area (Å²) in [6.07, 6.45) is 3.52. The summed E-state index contributed by atoms with van der Waals surface area (Å²) in [5, 5.41) is 10.3. The zero-order chi connectivity index (χ0) is 26.2. The minimum atomic E-state index is -0.276. The van der Waals surface area contributed by atoms with Crippen molar-refractivity contribution in [2.45, 2.75) is 18.3 Å². The fourth-order valence-electron chi connectivity index (χ4n) is 6.64. The number of hydrogen-bond donors (Lipinski definition) is 0. The number of likely N-dealkylation sites (tertiary alicyclic amines) is 1. The maximum absolute atomic E-state index is 13.5. The molecule has 0 unspecified atom stereocenters. The number of aryl methyl sites for hydroxylation is 2. The molecular weight excluding hydrogens is 501 g/mol. The van der Waals surface area contributed by atoms with E-state index in [1.165, 1.54) is 23.3 Å². The zero-order valence-corrected chi connectivity index (χ0v) is 21.7. The van der Waals surface area contributed by atoms with Gasteiger partial charge < -0.3 is 4.90 Å². The Morgan fingerprint density at radius 3 is 2.58 bits per heavy atom. The molecule has 3 atom stereocenters. The SMILES string of the molecule is Cc1cc2c(cnn2-c2ccc(F)cc2)cc1[C@@]12CN(C(=O)c3nn(C)cc3Cl)C[C@@H]1[C@H]2c1ccccc1. The molecule has 7 rings (SSSR count). The first-order chi connectivity index (χ1) is 18.4. The van der Waals surface area contributed by atoms with Crippen LogP contribution in [0.15, 0.2) is 79.1 Å². The summed E-state index contributed by atoms with van der Waals surface area (Å²) in [7, 11) is 1.77. The van der Waals surface area contributed by atoms with E-state index in [1.54, 1.807) is 30.1 Å². The lowest BCUT2D eigenvalue weighted by molar-refractivity contribution is 0.0762. The molecule has 1 aliphatic heterocycles. The normalized spacial score (nSPS) is 22.2. The number of benzene rings is 3. The number of piperidine rings is 1. The molecule has 0 radical (unpaired) electrons. The van der Waals surface area contributed by atoms with Crippen LogP contribution in [0.3, 0.4) is 0 Å². The molecule has 1 amide bonds. The van der Waals surface area contributed by atoms with Crippen molar-refractivity contribution < 1.29 is 9.18 Å². The first kappa shape index (κ1) is 23.2. The Bertz CT molecular complexity index is 1710. The van der Waals surface area contributed by atoms with E-state index >= 15 is 0 Å². The van der Waals surface area contributed by atoms with Gasteiger partial charge in [-0.05, 0) is 65.9 Å². The van der Waals surface area contributed by atoms with Crippen molar-refractivity contribution >= 4 is 28.4 Å². The second kappa shape index (κ2) is 8.27. The lowest BCUT2D eigenvalue weighted by atomic mass is 9.86. The summed E-state index contributed by atoms with van der Waals surface area (Å²) >= 11 is 6.33. The van der Waals surface area contributed by atoms with Gasteiger partial charge in [-0.25, -0.2) is 9.07 Å². The quantitative estimate of drug-likeness (QED) is 0.304. The van der Waals surface area contributed by atoms with Crippen molar-refractivity contribution in [2.75, 3.05) is 13.1 Å². The molecule has 3 aromatic carbocycles. The average molecular weight is 526 g/mol. The third-order valence-corrected chi connectivity index (χ3v) is 8.58. The van der Waals surface area contributed by atoms with Gasteiger partial charge in [0.1, 0.15) is 5.82 Å². The summed E-state index contributed by atoms with van der Waals surface area (Å²) in [4.78, 5) is 15.4. The topological polar surface area (TPSA) is 56.0 Å². The van der Waals surface area contributed by atoms with Gasteiger partial charge in [0.15, 0.2) is 5.69 Å². The number of hydrogen-bond acceptors (Lipinski definition) is 3. The molecule has 2 aromatic heterocycles. The second-order valence-corrected chi connectivity index (χ2v) is 10.9. The largest absolute Gasteiger partial charge is 0.336 e. The molecule has 38 heavy (non-hydrogen) atoms. The zero-order valence-electron chi connectivity index (χ0n) is 21.0. The number of carbonyl (C=O) groups is 1. The third-order valence-electron chi connectivity index (χ3n) is 8.30. The number of carbonyl (C=O) groups excluding carboxylic acids is 1. The summed E-state index contributed by atoms with van der Waals surface area (Å²) in [6.45, 7) is 3.38. The van der Waals surface area contributed by atoms with Gasteiger partial charge >= 0.3 is 0 Å². The average Bonchev–Trinajstić information content (AvgIpc) is 3.24. The molecule has 5 aromatic rings. The molecule has 0 spiro atoms. The van der Waals surface area contributed by atoms with E-state index in [-0.39, 0.29) is 17.1 Å². The van der Waals surface area contributed by atoms with Gasteiger partial charge in [0.25, 0.3) is 5.91 Å². The van der Waals surface area contributed by atoms with E-state index in [4.69, 9.17) is 11.6 Å². The highest BCUT2D eigenvalue weighted by Crippen LogP contribution is 2.70. The molecule has 1 aliphatic carbocycles. The fraction of sp³-hybridized carbons (Fsp3) is 0.233. The summed E-state index contributed by atoms with van der Waals surface area (Å²) < 4.78 is 16.9. The molecule has 2 fully saturated rings. The number of aromatic nitrogens is 4. The highest BCUT2D eigenvalue weighted by Gasteiger charge is 2.71. The first-order valence-electron chi connectivity index (χ1n) is 12.6. The molecular formula is C30H25ClFN5O. The Labute approximate surface area is 224 Å². The highest BCUT2D eigenvalue weighted by molar-refractivity contribution is 6.33. The molecule has 0 bridgehead atoms. The highest BCUT2D eigenvalue weighted by atomic mass is 35.5. The van der Waals surface area contributed by atoms with Gasteiger partial charge in [-0.3, -0.25) is 9.48 Å². The van der Waals surface area contributed by atoms with E-state index in [9.17, 15) is 9.18 Å². The molecule has 1 saturated carbocycles. The van der Waals surface area contributed by atoms with Crippen LogP contribution in [-0.4, -0.2) is 43.5 Å². The van der Waals surface area contributed by atoms with Crippen LogP contribution >= 0.6 is 11.6 Å². The van der Waals surface area contributed by atoms with Crippen molar-refractivity contribution in [3.8, 4) is 5.69 Å². The van der Waals surface area contributed by atoms with Gasteiger partial charge in [-0.2, -0.15) is 10.2 Å². The van der Waals surface area contributed by atoms with Gasteiger partial charge in [0, 0.05) is 43.1 Å². The number of halogens is 2. The van der Waals surface area contributed by atoms with Crippen LogP contribution in [0.4, 0.5) is 4.39 Å². The van der Waals surface area contributed by atoms with Crippen molar-refractivity contribution in [3.05, 3.63) is 112 Å². The Kier molecular flexibility index (Phi) is 5.04. The van der Waals surface area contributed by atoms with Gasteiger partial charge in [-0.15, -0.1) is 0 Å². The smallest absolute Gasteiger partial charge is 0.275 e. The lowest BCUT2D eigenvalue weighted by Gasteiger charge is -2.25. The Morgan fingerprint density at radius 2 is 1.87 bits per heavy atom. The lowest BCUT2D eigenvalue weighted by Crippen LogP contribution is -2.35. The second-order valence-electron chi connectivity index (χ2n) is 10.5. The minimum Gasteiger partial charge on any atom is -0.336 e. The molecule has 1 saturated heterocycles. The summed E-state index contributed by atoms with van der Waals surface area (Å²) in [6, 6.07) is 21.3. The summed E-state index contributed by atoms with van der Waals surface area (Å²) in [5.41, 5.74) is 5.56. The van der Waals surface area contributed by atoms with Crippen molar-refractivity contribution in [1.29, 1.82) is 0 Å². The third kappa shape index (κ3) is 3.34. The number of amides is 1. The van der Waals surface area contributed by atoms with Crippen LogP contribution < -0.4 is 0 Å². The van der Waals surface area contributed by atoms with Gasteiger partial charge in [0.2, 0.25) is 0 Å². The van der Waals surface area contributed by atoms with E-state index in [2.05, 4.69) is 53.5 Å². The Hall–Kier alpha value is -3.97. The van der Waals surface area contributed by atoms with Crippen LogP contribution in [0, 0.1) is 18.7 Å². The minimum absolute atomic E-state index is 0.128. The standard InChI is InChI=1S/C30H25ClFN5O/c1-18-12-26-20(14-33-37(26)22-10-8-21(32)9-11-22)13-23(18)30-17-36(29(38)28-25(31)16-35(2)34-28)15-24(30)27(30)19-6-4-3-5-7-19/h3-14,16,24,27H,15,17H2,1-2H3/t24-,27-,30+/m1/s1. The number of nitrogens with zero attached hydrogens (tertiary/aromatic N) is 5. The van der Waals surface area contributed by atoms with E-state index in [0.29, 0.717) is 35.6 Å². The molecule has 0 N–H and O–H groups in total. The summed E-state index contributed by atoms with van der Waals surface area (Å²) in [5.74, 6) is 0.202. The number of rotatable bonds is 4. The van der Waals surface area contributed by atoms with Crippen LogP contribution in [0.25, 0.3) is 16.6 Å². The van der Waals surface area contributed by atoms with Crippen LogP contribution in [0.5, 0.6) is 0 Å². The predicted molar refractivity (Wildman–Crippen MR) is 144 cm³/mol. The van der Waals surface area contributed by atoms with Crippen molar-refractivity contribution in [3.63, 3.8) is 0 Å². The molecule has 190 valence electrons. The maximum Gasteiger partial charge on any atom is 0.275 e. The number of fused-ring (bicyclic) bond motifs is 2. The van der Waals surface area contributed by atoms with Crippen LogP contribution in [-0.2, 0) is 12.5 Å². The van der Waals surface area contributed by atoms with Crippen LogP contribution in [0.1, 0.15) is 33.1 Å². The van der Waals surface area contributed by atoms with E-state index < -0.39 is 0 Å². The van der Waals surface area contributed by atoms with E-state index in [0.717, 1.165) is 22.2 Å². The first-order valence-corrected chi connectivity index (χ1v) is 13.0. The van der Waals surface area contributed by atoms with Crippen molar-refractivity contribution in [1.82, 2.24) is 24.5 Å².